The normalized spacial score (nSPS) is 12.5. The topological polar surface area (TPSA) is 109 Å². The van der Waals surface area contributed by atoms with Crippen LogP contribution in [-0.2, 0) is 26.5 Å². The van der Waals surface area contributed by atoms with Crippen molar-refractivity contribution in [3.05, 3.63) is 46.8 Å². The number of carbonyl (C=O) groups excluding carboxylic acids is 1. The number of methoxy groups -OCH3 is 4. The predicted octanol–water partition coefficient (Wildman–Crippen LogP) is 2.28. The molecular weight excluding hydrogens is 494 g/mol. The predicted molar refractivity (Wildman–Crippen MR) is 133 cm³/mol. The molecule has 12 heteroatoms. The van der Waals surface area contributed by atoms with Gasteiger partial charge >= 0.3 is 0 Å². The van der Waals surface area contributed by atoms with Crippen molar-refractivity contribution in [2.45, 2.75) is 4.90 Å². The van der Waals surface area contributed by atoms with Crippen LogP contribution in [0.5, 0.6) is 11.5 Å². The van der Waals surface area contributed by atoms with Gasteiger partial charge in [0.1, 0.15) is 21.7 Å². The number of aromatic nitrogens is 1. The van der Waals surface area contributed by atoms with E-state index in [0.29, 0.717) is 16.3 Å². The minimum absolute atomic E-state index is 0.0724. The summed E-state index contributed by atoms with van der Waals surface area (Å²) in [4.78, 5) is 17.7. The molecular formula is C23H29N3O7S2. The average molecular weight is 524 g/mol. The number of sulfonamides is 1. The minimum Gasteiger partial charge on any atom is -0.495 e. The summed E-state index contributed by atoms with van der Waals surface area (Å²) in [5.74, 6) is 0.788. The zero-order chi connectivity index (χ0) is 25.6. The van der Waals surface area contributed by atoms with E-state index in [2.05, 4.69) is 4.99 Å². The Morgan fingerprint density at radius 3 is 2.06 bits per heavy atom. The molecule has 0 spiro atoms. The summed E-state index contributed by atoms with van der Waals surface area (Å²) in [6, 6.07) is 9.31. The molecule has 0 saturated heterocycles. The van der Waals surface area contributed by atoms with Gasteiger partial charge in [-0.25, -0.2) is 8.42 Å². The van der Waals surface area contributed by atoms with E-state index in [0.717, 1.165) is 10.2 Å². The second kappa shape index (κ2) is 11.8. The van der Waals surface area contributed by atoms with Crippen molar-refractivity contribution >= 4 is 37.5 Å². The number of hydrogen-bond acceptors (Lipinski definition) is 8. The van der Waals surface area contributed by atoms with Crippen LogP contribution in [0.4, 0.5) is 0 Å². The number of amides is 1. The number of thiazole rings is 1. The van der Waals surface area contributed by atoms with Crippen LogP contribution in [0.3, 0.4) is 0 Å². The van der Waals surface area contributed by atoms with Crippen molar-refractivity contribution < 1.29 is 32.2 Å². The molecule has 0 aliphatic rings. The van der Waals surface area contributed by atoms with Gasteiger partial charge in [0.15, 0.2) is 4.80 Å². The van der Waals surface area contributed by atoms with Gasteiger partial charge < -0.3 is 23.5 Å². The first-order valence-electron chi connectivity index (χ1n) is 10.7. The lowest BCUT2D eigenvalue weighted by Gasteiger charge is -2.21. The van der Waals surface area contributed by atoms with Gasteiger partial charge in [-0.1, -0.05) is 11.3 Å². The molecule has 0 N–H and O–H groups in total. The summed E-state index contributed by atoms with van der Waals surface area (Å²) in [6.07, 6.45) is 0. The molecule has 0 fully saturated rings. The van der Waals surface area contributed by atoms with Crippen LogP contribution in [-0.4, -0.2) is 77.9 Å². The summed E-state index contributed by atoms with van der Waals surface area (Å²) < 4.78 is 50.9. The minimum atomic E-state index is -3.78. The van der Waals surface area contributed by atoms with Crippen LogP contribution in [0.15, 0.2) is 46.3 Å². The molecule has 0 aliphatic heterocycles. The first-order valence-corrected chi connectivity index (χ1v) is 12.9. The zero-order valence-corrected chi connectivity index (χ0v) is 21.9. The van der Waals surface area contributed by atoms with Gasteiger partial charge in [0.05, 0.1) is 32.3 Å². The highest BCUT2D eigenvalue weighted by molar-refractivity contribution is 7.89. The van der Waals surface area contributed by atoms with Crippen LogP contribution in [0.25, 0.3) is 10.2 Å². The van der Waals surface area contributed by atoms with Gasteiger partial charge in [-0.3, -0.25) is 4.79 Å². The van der Waals surface area contributed by atoms with Crippen LogP contribution in [0.2, 0.25) is 0 Å². The molecule has 0 radical (unpaired) electrons. The van der Waals surface area contributed by atoms with Gasteiger partial charge in [0, 0.05) is 39.9 Å². The number of fused-ring (bicyclic) bond motifs is 1. The smallest absolute Gasteiger partial charge is 0.279 e. The summed E-state index contributed by atoms with van der Waals surface area (Å²) in [5, 5.41) is 0. The van der Waals surface area contributed by atoms with Gasteiger partial charge in [-0.2, -0.15) is 9.30 Å². The van der Waals surface area contributed by atoms with E-state index in [9.17, 15) is 13.2 Å². The molecule has 0 atom stereocenters. The van der Waals surface area contributed by atoms with Crippen molar-refractivity contribution in [3.63, 3.8) is 0 Å². The van der Waals surface area contributed by atoms with E-state index in [-0.39, 0.29) is 36.8 Å². The zero-order valence-electron chi connectivity index (χ0n) is 20.3. The number of nitrogens with zero attached hydrogens (tertiary/aromatic N) is 3. The quantitative estimate of drug-likeness (QED) is 0.379. The Morgan fingerprint density at radius 1 is 0.943 bits per heavy atom. The SMILES string of the molecule is COCCN(CCOC)S(=O)(=O)c1ccc(C(=O)N=c2sc3c(OC)ccc(OC)c3n2C)cc1. The molecule has 0 bridgehead atoms. The molecule has 3 rings (SSSR count). The summed E-state index contributed by atoms with van der Waals surface area (Å²) in [6.45, 7) is 0.876. The lowest BCUT2D eigenvalue weighted by Crippen LogP contribution is -2.36. The van der Waals surface area contributed by atoms with Crippen LogP contribution < -0.4 is 14.3 Å². The van der Waals surface area contributed by atoms with Gasteiger partial charge in [-0.05, 0) is 36.4 Å². The Labute approximate surface area is 208 Å². The Hall–Kier alpha value is -2.77. The van der Waals surface area contributed by atoms with E-state index in [1.807, 2.05) is 0 Å². The lowest BCUT2D eigenvalue weighted by atomic mass is 10.2. The summed E-state index contributed by atoms with van der Waals surface area (Å²) >= 11 is 1.30. The number of benzene rings is 2. The highest BCUT2D eigenvalue weighted by Gasteiger charge is 2.24. The molecule has 1 aromatic heterocycles. The monoisotopic (exact) mass is 523 g/mol. The van der Waals surface area contributed by atoms with E-state index in [4.69, 9.17) is 18.9 Å². The third-order valence-electron chi connectivity index (χ3n) is 5.34. The van der Waals surface area contributed by atoms with Gasteiger partial charge in [-0.15, -0.1) is 0 Å². The Kier molecular flexibility index (Phi) is 9.03. The highest BCUT2D eigenvalue weighted by atomic mass is 32.2. The second-order valence-corrected chi connectivity index (χ2v) is 10.3. The number of carbonyl (C=O) groups is 1. The van der Waals surface area contributed by atoms with Gasteiger partial charge in [0.2, 0.25) is 10.0 Å². The van der Waals surface area contributed by atoms with E-state index in [1.54, 1.807) is 38.0 Å². The van der Waals surface area contributed by atoms with E-state index >= 15 is 0 Å². The molecule has 0 unspecified atom stereocenters. The Morgan fingerprint density at radius 2 is 1.51 bits per heavy atom. The number of ether oxygens (including phenoxy) is 4. The van der Waals surface area contributed by atoms with Crippen LogP contribution in [0.1, 0.15) is 10.4 Å². The number of hydrogen-bond donors (Lipinski definition) is 0. The average Bonchev–Trinajstić information content (AvgIpc) is 3.19. The van der Waals surface area contributed by atoms with E-state index in [1.165, 1.54) is 54.1 Å². The largest absolute Gasteiger partial charge is 0.495 e. The molecule has 0 aliphatic carbocycles. The molecule has 190 valence electrons. The van der Waals surface area contributed by atoms with Crippen molar-refractivity contribution in [1.82, 2.24) is 8.87 Å². The maximum atomic E-state index is 13.1. The standard InChI is InChI=1S/C23H29N3O7S2/c1-25-20-18(32-4)10-11-19(33-5)21(20)34-23(25)24-22(27)16-6-8-17(9-7-16)35(28,29)26(12-14-30-2)13-15-31-3/h6-11H,12-15H2,1-5H3. The fraction of sp³-hybridized carbons (Fsp3) is 0.391. The second-order valence-electron chi connectivity index (χ2n) is 7.42. The molecule has 10 nitrogen and oxygen atoms in total. The fourth-order valence-electron chi connectivity index (χ4n) is 3.44. The van der Waals surface area contributed by atoms with Crippen molar-refractivity contribution in [2.75, 3.05) is 54.7 Å². The Balaban J connectivity index is 1.93. The molecule has 0 saturated carbocycles. The van der Waals surface area contributed by atoms with Crippen LogP contribution >= 0.6 is 11.3 Å². The third kappa shape index (κ3) is 5.73. The van der Waals surface area contributed by atoms with Crippen molar-refractivity contribution in [3.8, 4) is 11.5 Å². The summed E-state index contributed by atoms with van der Waals surface area (Å²) in [5.41, 5.74) is 1.03. The maximum absolute atomic E-state index is 13.1. The van der Waals surface area contributed by atoms with Crippen LogP contribution in [0, 0.1) is 0 Å². The third-order valence-corrected chi connectivity index (χ3v) is 8.40. The van der Waals surface area contributed by atoms with Gasteiger partial charge in [0.25, 0.3) is 5.91 Å². The highest BCUT2D eigenvalue weighted by Crippen LogP contribution is 2.34. The fourth-order valence-corrected chi connectivity index (χ4v) is 5.97. The van der Waals surface area contributed by atoms with Crippen molar-refractivity contribution in [1.29, 1.82) is 0 Å². The molecule has 1 amide bonds. The molecule has 1 heterocycles. The first-order chi connectivity index (χ1) is 16.8. The van der Waals surface area contributed by atoms with E-state index < -0.39 is 15.9 Å². The molecule has 35 heavy (non-hydrogen) atoms. The Bertz CT molecular complexity index is 1340. The lowest BCUT2D eigenvalue weighted by molar-refractivity contribution is 0.0998. The number of aryl methyl sites for hydroxylation is 1. The molecule has 2 aromatic carbocycles. The maximum Gasteiger partial charge on any atom is 0.279 e. The number of rotatable bonds is 11. The first kappa shape index (κ1) is 26.8. The summed E-state index contributed by atoms with van der Waals surface area (Å²) in [7, 11) is 4.16. The molecule has 3 aromatic rings. The van der Waals surface area contributed by atoms with Crippen molar-refractivity contribution in [2.24, 2.45) is 12.0 Å².